The number of hydrogen-bond donors (Lipinski definition) is 4. The van der Waals surface area contributed by atoms with Crippen LogP contribution in [-0.2, 0) is 24.0 Å². The number of likely N-dealkylation sites (tertiary alicyclic amines) is 1. The van der Waals surface area contributed by atoms with Gasteiger partial charge in [0.05, 0.1) is 12.1 Å². The van der Waals surface area contributed by atoms with Crippen LogP contribution in [0.1, 0.15) is 79.6 Å². The number of carbonyl (C=O) groups is 6. The fourth-order valence-corrected chi connectivity index (χ4v) is 4.98. The quantitative estimate of drug-likeness (QED) is 0.273. The summed E-state index contributed by atoms with van der Waals surface area (Å²) in [5.41, 5.74) is 4.50. The molecular formula is C27H43N5O6. The molecule has 0 aromatic heterocycles. The third kappa shape index (κ3) is 7.54. The zero-order valence-electron chi connectivity index (χ0n) is 23.2. The Hall–Kier alpha value is -2.98. The largest absolute Gasteiger partial charge is 0.363 e. The summed E-state index contributed by atoms with van der Waals surface area (Å²) in [6.07, 6.45) is 4.84. The highest BCUT2D eigenvalue weighted by atomic mass is 16.2. The Labute approximate surface area is 224 Å². The lowest BCUT2D eigenvalue weighted by Crippen LogP contribution is -2.61. The first-order valence-electron chi connectivity index (χ1n) is 13.8. The summed E-state index contributed by atoms with van der Waals surface area (Å²) >= 11 is 0. The maximum absolute atomic E-state index is 13.7. The topological polar surface area (TPSA) is 168 Å². The summed E-state index contributed by atoms with van der Waals surface area (Å²) in [7, 11) is 0. The Morgan fingerprint density at radius 3 is 2.05 bits per heavy atom. The van der Waals surface area contributed by atoms with Crippen molar-refractivity contribution in [3.05, 3.63) is 0 Å². The van der Waals surface area contributed by atoms with Gasteiger partial charge < -0.3 is 26.6 Å². The highest BCUT2D eigenvalue weighted by molar-refractivity contribution is 6.37. The Balaban J connectivity index is 1.70. The van der Waals surface area contributed by atoms with Gasteiger partial charge in [-0.2, -0.15) is 0 Å². The maximum Gasteiger partial charge on any atom is 0.316 e. The maximum atomic E-state index is 13.7. The van der Waals surface area contributed by atoms with Crippen molar-refractivity contribution in [3.8, 4) is 0 Å². The van der Waals surface area contributed by atoms with E-state index in [-0.39, 0.29) is 23.5 Å². The summed E-state index contributed by atoms with van der Waals surface area (Å²) in [6.45, 7) is 9.49. The fraction of sp³-hybridized carbons (Fsp3) is 0.778. The van der Waals surface area contributed by atoms with Crippen LogP contribution in [0.3, 0.4) is 0 Å². The highest BCUT2D eigenvalue weighted by Gasteiger charge is 2.44. The van der Waals surface area contributed by atoms with Crippen LogP contribution in [0.5, 0.6) is 0 Å². The second-order valence-electron chi connectivity index (χ2n) is 12.5. The molecule has 0 aromatic carbocycles. The van der Waals surface area contributed by atoms with Crippen LogP contribution in [0.15, 0.2) is 0 Å². The lowest BCUT2D eigenvalue weighted by atomic mass is 9.85. The van der Waals surface area contributed by atoms with Crippen LogP contribution in [-0.4, -0.2) is 70.9 Å². The van der Waals surface area contributed by atoms with E-state index in [0.717, 1.165) is 25.7 Å². The predicted octanol–water partition coefficient (Wildman–Crippen LogP) is 1.03. The van der Waals surface area contributed by atoms with Crippen molar-refractivity contribution in [2.45, 2.75) is 104 Å². The molecule has 212 valence electrons. The van der Waals surface area contributed by atoms with Gasteiger partial charge in [-0.3, -0.25) is 24.0 Å². The number of nitrogens with two attached hydrogens (primary N) is 1. The van der Waals surface area contributed by atoms with E-state index in [1.807, 2.05) is 34.6 Å². The molecule has 2 saturated carbocycles. The SMILES string of the molecule is CC(C)C(NC(=O)NC(C(=O)N1CCC[C@H]1C(=O)NC(CC1CC1)C(=O)C(N)=O)C(C)(C)C)C(=O)C1CC1. The van der Waals surface area contributed by atoms with Gasteiger partial charge >= 0.3 is 6.03 Å². The molecule has 1 heterocycles. The average Bonchev–Trinajstić information content (AvgIpc) is 3.76. The monoisotopic (exact) mass is 533 g/mol. The van der Waals surface area contributed by atoms with Crippen molar-refractivity contribution in [3.63, 3.8) is 0 Å². The van der Waals surface area contributed by atoms with Crippen LogP contribution < -0.4 is 21.7 Å². The Morgan fingerprint density at radius 1 is 0.921 bits per heavy atom. The second kappa shape index (κ2) is 11.8. The average molecular weight is 534 g/mol. The lowest BCUT2D eigenvalue weighted by Gasteiger charge is -2.36. The highest BCUT2D eigenvalue weighted by Crippen LogP contribution is 2.34. The van der Waals surface area contributed by atoms with Gasteiger partial charge in [-0.1, -0.05) is 47.5 Å². The number of ketones is 2. The minimum absolute atomic E-state index is 0.0105. The van der Waals surface area contributed by atoms with Crippen LogP contribution in [0, 0.1) is 23.2 Å². The Morgan fingerprint density at radius 2 is 1.55 bits per heavy atom. The number of hydrogen-bond acceptors (Lipinski definition) is 6. The van der Waals surface area contributed by atoms with Gasteiger partial charge in [0.1, 0.15) is 12.1 Å². The van der Waals surface area contributed by atoms with Gasteiger partial charge in [0.2, 0.25) is 17.6 Å². The molecule has 11 heteroatoms. The van der Waals surface area contributed by atoms with E-state index in [4.69, 9.17) is 5.73 Å². The number of amides is 5. The van der Waals surface area contributed by atoms with Crippen LogP contribution in [0.2, 0.25) is 0 Å². The molecule has 5 N–H and O–H groups in total. The molecule has 0 spiro atoms. The summed E-state index contributed by atoms with van der Waals surface area (Å²) < 4.78 is 0. The normalized spacial score (nSPS) is 21.8. The summed E-state index contributed by atoms with van der Waals surface area (Å²) in [4.78, 5) is 77.8. The van der Waals surface area contributed by atoms with Gasteiger partial charge in [-0.25, -0.2) is 4.79 Å². The van der Waals surface area contributed by atoms with Crippen LogP contribution in [0.4, 0.5) is 4.79 Å². The number of nitrogens with zero attached hydrogens (tertiary/aromatic N) is 1. The zero-order chi connectivity index (χ0) is 28.4. The van der Waals surface area contributed by atoms with E-state index >= 15 is 0 Å². The number of primary amides is 1. The molecule has 3 unspecified atom stereocenters. The molecule has 0 bridgehead atoms. The molecule has 38 heavy (non-hydrogen) atoms. The third-order valence-corrected chi connectivity index (χ3v) is 7.61. The van der Waals surface area contributed by atoms with E-state index in [0.29, 0.717) is 25.8 Å². The first-order valence-corrected chi connectivity index (χ1v) is 13.8. The predicted molar refractivity (Wildman–Crippen MR) is 139 cm³/mol. The molecule has 3 aliphatic rings. The van der Waals surface area contributed by atoms with Gasteiger partial charge in [0.25, 0.3) is 5.91 Å². The molecule has 0 radical (unpaired) electrons. The van der Waals surface area contributed by atoms with E-state index in [2.05, 4.69) is 16.0 Å². The molecule has 0 aromatic rings. The van der Waals surface area contributed by atoms with Crippen molar-refractivity contribution in [2.75, 3.05) is 6.54 Å². The molecule has 2 aliphatic carbocycles. The number of carbonyl (C=O) groups excluding carboxylic acids is 6. The van der Waals surface area contributed by atoms with E-state index < -0.39 is 59.1 Å². The standard InChI is InChI=1S/C27H43N5O6/c1-14(2)19(20(33)16-10-11-16)30-26(38)31-22(27(3,4)5)25(37)32-12-6-7-18(32)24(36)29-17(13-15-8-9-15)21(34)23(28)35/h14-19,22H,6-13H2,1-5H3,(H2,28,35)(H,29,36)(H2,30,31,38)/t17?,18-,19?,22?/m0/s1. The van der Waals surface area contributed by atoms with Crippen molar-refractivity contribution >= 4 is 35.3 Å². The Kier molecular flexibility index (Phi) is 9.20. The molecule has 3 rings (SSSR count). The van der Waals surface area contributed by atoms with Crippen LogP contribution >= 0.6 is 0 Å². The van der Waals surface area contributed by atoms with E-state index in [1.165, 1.54) is 4.90 Å². The number of Topliss-reactive ketones (excluding diaryl/α,β-unsaturated/α-hetero) is 2. The number of urea groups is 1. The molecule has 3 fully saturated rings. The molecule has 1 saturated heterocycles. The number of rotatable bonds is 12. The molecular weight excluding hydrogens is 490 g/mol. The van der Waals surface area contributed by atoms with Crippen molar-refractivity contribution in [1.29, 1.82) is 0 Å². The first-order chi connectivity index (χ1) is 17.7. The van der Waals surface area contributed by atoms with E-state index in [9.17, 15) is 28.8 Å². The molecule has 1 aliphatic heterocycles. The summed E-state index contributed by atoms with van der Waals surface area (Å²) in [6, 6.07) is -4.06. The minimum Gasteiger partial charge on any atom is -0.363 e. The minimum atomic E-state index is -1.10. The van der Waals surface area contributed by atoms with Gasteiger partial charge in [-0.15, -0.1) is 0 Å². The second-order valence-corrected chi connectivity index (χ2v) is 12.5. The lowest BCUT2D eigenvalue weighted by molar-refractivity contribution is -0.143. The molecule has 5 amide bonds. The van der Waals surface area contributed by atoms with Gasteiger partial charge in [0.15, 0.2) is 5.78 Å². The molecule has 4 atom stereocenters. The van der Waals surface area contributed by atoms with Crippen molar-refractivity contribution < 1.29 is 28.8 Å². The van der Waals surface area contributed by atoms with Gasteiger partial charge in [-0.05, 0) is 49.4 Å². The smallest absolute Gasteiger partial charge is 0.316 e. The fourth-order valence-electron chi connectivity index (χ4n) is 4.98. The summed E-state index contributed by atoms with van der Waals surface area (Å²) in [5.74, 6) is -2.71. The third-order valence-electron chi connectivity index (χ3n) is 7.61. The molecule has 11 nitrogen and oxygen atoms in total. The Bertz CT molecular complexity index is 965. The first kappa shape index (κ1) is 29.6. The summed E-state index contributed by atoms with van der Waals surface area (Å²) in [5, 5.41) is 8.18. The van der Waals surface area contributed by atoms with Crippen LogP contribution in [0.25, 0.3) is 0 Å². The zero-order valence-corrected chi connectivity index (χ0v) is 23.2. The van der Waals surface area contributed by atoms with Gasteiger partial charge in [0, 0.05) is 12.5 Å². The van der Waals surface area contributed by atoms with E-state index in [1.54, 1.807) is 0 Å². The number of nitrogens with one attached hydrogen (secondary N) is 3. The van der Waals surface area contributed by atoms with Crippen molar-refractivity contribution in [1.82, 2.24) is 20.9 Å². The van der Waals surface area contributed by atoms with Crippen molar-refractivity contribution in [2.24, 2.45) is 28.9 Å².